The predicted octanol–water partition coefficient (Wildman–Crippen LogP) is 1.69. The molecular weight excluding hydrogens is 296 g/mol. The van der Waals surface area contributed by atoms with E-state index in [1.807, 2.05) is 0 Å². The smallest absolute Gasteiger partial charge is 0.215 e. The highest BCUT2D eigenvalue weighted by atomic mass is 32.2. The Hall–Kier alpha value is -0.910. The summed E-state index contributed by atoms with van der Waals surface area (Å²) in [6.45, 7) is 3.14. The Morgan fingerprint density at radius 1 is 1.14 bits per heavy atom. The zero-order valence-corrected chi connectivity index (χ0v) is 13.8. The van der Waals surface area contributed by atoms with Gasteiger partial charge in [-0.05, 0) is 61.9 Å². The SMILES string of the molecule is O=S1(=O)CC2(CCNCC2)CN1Cc1ccc2c(c1)CCC2. The van der Waals surface area contributed by atoms with E-state index in [0.717, 1.165) is 37.9 Å². The molecule has 22 heavy (non-hydrogen) atoms. The van der Waals surface area contributed by atoms with Crippen molar-refractivity contribution in [3.05, 3.63) is 34.9 Å². The van der Waals surface area contributed by atoms with Gasteiger partial charge in [-0.3, -0.25) is 0 Å². The van der Waals surface area contributed by atoms with E-state index in [9.17, 15) is 8.42 Å². The third kappa shape index (κ3) is 2.59. The van der Waals surface area contributed by atoms with Crippen LogP contribution in [0.2, 0.25) is 0 Å². The first-order valence-electron chi connectivity index (χ1n) is 8.36. The van der Waals surface area contributed by atoms with Crippen LogP contribution in [-0.2, 0) is 29.4 Å². The molecule has 3 aliphatic rings. The van der Waals surface area contributed by atoms with Crippen LogP contribution in [0.15, 0.2) is 18.2 Å². The topological polar surface area (TPSA) is 49.4 Å². The number of hydrogen-bond donors (Lipinski definition) is 1. The highest BCUT2D eigenvalue weighted by Gasteiger charge is 2.47. The van der Waals surface area contributed by atoms with Crippen LogP contribution in [0.25, 0.3) is 0 Å². The van der Waals surface area contributed by atoms with Crippen LogP contribution in [0.4, 0.5) is 0 Å². The lowest BCUT2D eigenvalue weighted by molar-refractivity contribution is 0.209. The predicted molar refractivity (Wildman–Crippen MR) is 87.2 cm³/mol. The third-order valence-electron chi connectivity index (χ3n) is 5.58. The standard InChI is InChI=1S/C17H24N2O2S/c20-22(21)13-17(6-8-18-9-7-17)12-19(22)11-14-4-5-15-2-1-3-16(15)10-14/h4-5,10,18H,1-3,6-9,11-13H2. The van der Waals surface area contributed by atoms with E-state index in [1.54, 1.807) is 4.31 Å². The van der Waals surface area contributed by atoms with Crippen LogP contribution in [0, 0.1) is 5.41 Å². The molecule has 0 bridgehead atoms. The van der Waals surface area contributed by atoms with E-state index in [-0.39, 0.29) is 5.41 Å². The number of benzene rings is 1. The Labute approximate surface area is 132 Å². The second-order valence-corrected chi connectivity index (χ2v) is 9.20. The van der Waals surface area contributed by atoms with Crippen LogP contribution >= 0.6 is 0 Å². The van der Waals surface area contributed by atoms with Crippen molar-refractivity contribution in [1.29, 1.82) is 0 Å². The maximum Gasteiger partial charge on any atom is 0.215 e. The number of hydrogen-bond acceptors (Lipinski definition) is 3. The summed E-state index contributed by atoms with van der Waals surface area (Å²) in [5.41, 5.74) is 4.00. The fourth-order valence-electron chi connectivity index (χ4n) is 4.34. The zero-order chi connectivity index (χ0) is 15.2. The quantitative estimate of drug-likeness (QED) is 0.902. The normalized spacial score (nSPS) is 26.4. The number of sulfonamides is 1. The zero-order valence-electron chi connectivity index (χ0n) is 13.0. The Bertz CT molecular complexity index is 678. The average Bonchev–Trinajstić information content (AvgIpc) is 3.02. The lowest BCUT2D eigenvalue weighted by atomic mass is 9.81. The molecule has 1 spiro atoms. The van der Waals surface area contributed by atoms with Gasteiger partial charge in [0, 0.05) is 18.5 Å². The number of nitrogens with one attached hydrogen (secondary N) is 1. The van der Waals surface area contributed by atoms with Crippen LogP contribution in [-0.4, -0.2) is 38.1 Å². The van der Waals surface area contributed by atoms with Crippen molar-refractivity contribution in [3.8, 4) is 0 Å². The van der Waals surface area contributed by atoms with Gasteiger partial charge in [-0.25, -0.2) is 8.42 Å². The summed E-state index contributed by atoms with van der Waals surface area (Å²) >= 11 is 0. The number of piperidine rings is 1. The molecule has 0 aromatic heterocycles. The highest BCUT2D eigenvalue weighted by molar-refractivity contribution is 7.89. The van der Waals surface area contributed by atoms with Gasteiger partial charge in [-0.2, -0.15) is 4.31 Å². The number of aryl methyl sites for hydroxylation is 2. The molecule has 1 aliphatic carbocycles. The maximum atomic E-state index is 12.6. The van der Waals surface area contributed by atoms with Gasteiger partial charge >= 0.3 is 0 Å². The monoisotopic (exact) mass is 320 g/mol. The molecule has 0 radical (unpaired) electrons. The summed E-state index contributed by atoms with van der Waals surface area (Å²) in [6.07, 6.45) is 5.51. The highest BCUT2D eigenvalue weighted by Crippen LogP contribution is 2.39. The minimum Gasteiger partial charge on any atom is -0.317 e. The molecule has 2 fully saturated rings. The second-order valence-electron chi connectivity index (χ2n) is 7.23. The van der Waals surface area contributed by atoms with Gasteiger partial charge in [-0.15, -0.1) is 0 Å². The van der Waals surface area contributed by atoms with Gasteiger partial charge in [0.25, 0.3) is 0 Å². The number of rotatable bonds is 2. The molecule has 2 saturated heterocycles. The summed E-state index contributed by atoms with van der Waals surface area (Å²) in [7, 11) is -3.10. The van der Waals surface area contributed by atoms with Gasteiger partial charge in [0.05, 0.1) is 5.75 Å². The van der Waals surface area contributed by atoms with E-state index in [0.29, 0.717) is 18.8 Å². The molecular formula is C17H24N2O2S. The molecule has 1 aromatic rings. The first kappa shape index (κ1) is 14.7. The molecule has 0 amide bonds. The molecule has 0 saturated carbocycles. The summed E-state index contributed by atoms with van der Waals surface area (Å²) in [6, 6.07) is 6.54. The van der Waals surface area contributed by atoms with Gasteiger partial charge in [0.15, 0.2) is 0 Å². The molecule has 1 aromatic carbocycles. The average molecular weight is 320 g/mol. The van der Waals surface area contributed by atoms with Gasteiger partial charge in [-0.1, -0.05) is 18.2 Å². The first-order valence-corrected chi connectivity index (χ1v) is 9.97. The van der Waals surface area contributed by atoms with E-state index in [1.165, 1.54) is 24.0 Å². The van der Waals surface area contributed by atoms with Crippen molar-refractivity contribution in [2.24, 2.45) is 5.41 Å². The molecule has 0 unspecified atom stereocenters. The van der Waals surface area contributed by atoms with Crippen LogP contribution in [0.1, 0.15) is 36.0 Å². The van der Waals surface area contributed by atoms with Gasteiger partial charge < -0.3 is 5.32 Å². The molecule has 2 heterocycles. The van der Waals surface area contributed by atoms with Crippen molar-refractivity contribution < 1.29 is 8.42 Å². The molecule has 2 aliphatic heterocycles. The van der Waals surface area contributed by atoms with Crippen LogP contribution in [0.3, 0.4) is 0 Å². The lowest BCUT2D eigenvalue weighted by Crippen LogP contribution is -2.40. The van der Waals surface area contributed by atoms with E-state index >= 15 is 0 Å². The van der Waals surface area contributed by atoms with Crippen LogP contribution in [0.5, 0.6) is 0 Å². The lowest BCUT2D eigenvalue weighted by Gasteiger charge is -2.32. The fourth-order valence-corrected chi connectivity index (χ4v) is 6.49. The summed E-state index contributed by atoms with van der Waals surface area (Å²) in [5.74, 6) is 0.340. The van der Waals surface area contributed by atoms with Gasteiger partial charge in [0.2, 0.25) is 10.0 Å². The van der Waals surface area contributed by atoms with E-state index in [4.69, 9.17) is 0 Å². The van der Waals surface area contributed by atoms with E-state index < -0.39 is 10.0 Å². The fraction of sp³-hybridized carbons (Fsp3) is 0.647. The van der Waals surface area contributed by atoms with Gasteiger partial charge in [0.1, 0.15) is 0 Å². The van der Waals surface area contributed by atoms with Crippen molar-refractivity contribution in [2.45, 2.75) is 38.6 Å². The maximum absolute atomic E-state index is 12.6. The molecule has 0 atom stereocenters. The first-order chi connectivity index (χ1) is 10.6. The molecule has 4 nitrogen and oxygen atoms in total. The molecule has 4 rings (SSSR count). The number of nitrogens with zero attached hydrogens (tertiary/aromatic N) is 1. The van der Waals surface area contributed by atoms with Crippen LogP contribution < -0.4 is 5.32 Å². The Kier molecular flexibility index (Phi) is 3.55. The summed E-state index contributed by atoms with van der Waals surface area (Å²) < 4.78 is 26.9. The minimum absolute atomic E-state index is 0.0131. The van der Waals surface area contributed by atoms with Crippen molar-refractivity contribution in [2.75, 3.05) is 25.4 Å². The third-order valence-corrected chi connectivity index (χ3v) is 7.60. The summed E-state index contributed by atoms with van der Waals surface area (Å²) in [5, 5.41) is 3.34. The largest absolute Gasteiger partial charge is 0.317 e. The Balaban J connectivity index is 1.55. The Morgan fingerprint density at radius 3 is 2.73 bits per heavy atom. The van der Waals surface area contributed by atoms with Crippen molar-refractivity contribution in [1.82, 2.24) is 9.62 Å². The second kappa shape index (κ2) is 5.32. The van der Waals surface area contributed by atoms with Crippen molar-refractivity contribution in [3.63, 3.8) is 0 Å². The molecule has 1 N–H and O–H groups in total. The Morgan fingerprint density at radius 2 is 1.91 bits per heavy atom. The minimum atomic E-state index is -3.10. The molecule has 120 valence electrons. The van der Waals surface area contributed by atoms with E-state index in [2.05, 4.69) is 23.5 Å². The summed E-state index contributed by atoms with van der Waals surface area (Å²) in [4.78, 5) is 0. The molecule has 5 heteroatoms. The van der Waals surface area contributed by atoms with Crippen molar-refractivity contribution >= 4 is 10.0 Å². The number of fused-ring (bicyclic) bond motifs is 1.